The second-order valence-corrected chi connectivity index (χ2v) is 5.68. The average Bonchev–Trinajstić information content (AvgIpc) is 3.02. The number of imidazole rings is 1. The first-order valence-electron chi connectivity index (χ1n) is 8.20. The lowest BCUT2D eigenvalue weighted by atomic mass is 10.2. The van der Waals surface area contributed by atoms with Crippen LogP contribution in [0.15, 0.2) is 34.8 Å². The first-order chi connectivity index (χ1) is 12.0. The van der Waals surface area contributed by atoms with Crippen LogP contribution in [0.2, 0.25) is 0 Å². The number of amides is 2. The summed E-state index contributed by atoms with van der Waals surface area (Å²) in [5, 5.41) is 11.9. The predicted octanol–water partition coefficient (Wildman–Crippen LogP) is 0.500. The Kier molecular flexibility index (Phi) is 4.45. The van der Waals surface area contributed by atoms with E-state index in [9.17, 15) is 14.4 Å². The SMILES string of the molecule is CCn1c(=O)n(CC)c2cc(NC3=CC(=O)N(CCO)C3=O)ccc21. The Morgan fingerprint density at radius 2 is 1.72 bits per heavy atom. The molecule has 0 bridgehead atoms. The molecule has 0 unspecified atom stereocenters. The van der Waals surface area contributed by atoms with Crippen molar-refractivity contribution in [3.63, 3.8) is 0 Å². The number of fused-ring (bicyclic) bond motifs is 1. The highest BCUT2D eigenvalue weighted by Gasteiger charge is 2.30. The molecular formula is C17H20N4O4. The molecule has 2 aromatic rings. The standard InChI is InChI=1S/C17H20N4O4/c1-3-19-13-6-5-11(9-14(13)20(4-2)17(19)25)18-12-10-15(23)21(7-8-22)16(12)24/h5-6,9-10,18,22H,3-4,7-8H2,1-2H3. The molecule has 0 saturated carbocycles. The second kappa shape index (κ2) is 6.56. The summed E-state index contributed by atoms with van der Waals surface area (Å²) in [4.78, 5) is 37.4. The van der Waals surface area contributed by atoms with Crippen LogP contribution in [0.4, 0.5) is 5.69 Å². The molecule has 8 heteroatoms. The van der Waals surface area contributed by atoms with Gasteiger partial charge in [-0.25, -0.2) is 4.79 Å². The van der Waals surface area contributed by atoms with E-state index < -0.39 is 11.8 Å². The van der Waals surface area contributed by atoms with Gasteiger partial charge in [0, 0.05) is 24.9 Å². The minimum atomic E-state index is -0.474. The van der Waals surface area contributed by atoms with E-state index >= 15 is 0 Å². The van der Waals surface area contributed by atoms with Gasteiger partial charge in [-0.15, -0.1) is 0 Å². The van der Waals surface area contributed by atoms with Gasteiger partial charge in [0.2, 0.25) is 0 Å². The largest absolute Gasteiger partial charge is 0.395 e. The molecule has 3 rings (SSSR count). The fourth-order valence-corrected chi connectivity index (χ4v) is 3.07. The highest BCUT2D eigenvalue weighted by Crippen LogP contribution is 2.22. The number of nitrogens with one attached hydrogen (secondary N) is 1. The van der Waals surface area contributed by atoms with E-state index in [2.05, 4.69) is 5.32 Å². The number of benzene rings is 1. The lowest BCUT2D eigenvalue weighted by molar-refractivity contribution is -0.137. The predicted molar refractivity (Wildman–Crippen MR) is 93.1 cm³/mol. The number of aryl methyl sites for hydroxylation is 2. The Hall–Kier alpha value is -2.87. The van der Waals surface area contributed by atoms with Gasteiger partial charge in [0.1, 0.15) is 5.70 Å². The second-order valence-electron chi connectivity index (χ2n) is 5.68. The van der Waals surface area contributed by atoms with Gasteiger partial charge in [-0.2, -0.15) is 0 Å². The third-order valence-corrected chi connectivity index (χ3v) is 4.26. The zero-order valence-corrected chi connectivity index (χ0v) is 14.2. The van der Waals surface area contributed by atoms with Crippen LogP contribution in [0.5, 0.6) is 0 Å². The zero-order chi connectivity index (χ0) is 18.1. The molecule has 2 heterocycles. The number of β-amino-alcohol motifs (C(OH)–C–C–N with tert-alkyl or cyclic N) is 1. The van der Waals surface area contributed by atoms with Crippen molar-refractivity contribution < 1.29 is 14.7 Å². The van der Waals surface area contributed by atoms with Crippen LogP contribution in [-0.4, -0.2) is 44.1 Å². The van der Waals surface area contributed by atoms with Crippen molar-refractivity contribution in [2.45, 2.75) is 26.9 Å². The summed E-state index contributed by atoms with van der Waals surface area (Å²) in [7, 11) is 0. The van der Waals surface area contributed by atoms with Crippen molar-refractivity contribution in [1.82, 2.24) is 14.0 Å². The summed E-state index contributed by atoms with van der Waals surface area (Å²) in [5.74, 6) is -0.927. The van der Waals surface area contributed by atoms with E-state index in [0.717, 1.165) is 15.9 Å². The van der Waals surface area contributed by atoms with E-state index in [1.54, 1.807) is 21.3 Å². The number of carbonyl (C=O) groups excluding carboxylic acids is 2. The highest BCUT2D eigenvalue weighted by molar-refractivity contribution is 6.17. The van der Waals surface area contributed by atoms with Crippen molar-refractivity contribution in [3.8, 4) is 0 Å². The minimum absolute atomic E-state index is 0.0346. The molecule has 132 valence electrons. The lowest BCUT2D eigenvalue weighted by Crippen LogP contribution is -2.34. The molecule has 1 aliphatic heterocycles. The van der Waals surface area contributed by atoms with Crippen LogP contribution in [0, 0.1) is 0 Å². The fourth-order valence-electron chi connectivity index (χ4n) is 3.07. The molecule has 2 amide bonds. The van der Waals surface area contributed by atoms with Gasteiger partial charge in [0.15, 0.2) is 0 Å². The number of imide groups is 1. The number of anilines is 1. The van der Waals surface area contributed by atoms with E-state index in [1.807, 2.05) is 19.9 Å². The van der Waals surface area contributed by atoms with Crippen molar-refractivity contribution in [3.05, 3.63) is 40.5 Å². The molecule has 0 fully saturated rings. The summed E-state index contributed by atoms with van der Waals surface area (Å²) in [6.07, 6.45) is 1.21. The Morgan fingerprint density at radius 1 is 1.04 bits per heavy atom. The van der Waals surface area contributed by atoms with E-state index in [4.69, 9.17) is 5.11 Å². The van der Waals surface area contributed by atoms with E-state index in [1.165, 1.54) is 6.08 Å². The maximum atomic E-state index is 12.4. The van der Waals surface area contributed by atoms with Crippen LogP contribution in [0.1, 0.15) is 13.8 Å². The van der Waals surface area contributed by atoms with Gasteiger partial charge in [0.25, 0.3) is 11.8 Å². The summed E-state index contributed by atoms with van der Waals surface area (Å²) in [6.45, 7) is 4.61. The third kappa shape index (κ3) is 2.74. The Bertz CT molecular complexity index is 938. The van der Waals surface area contributed by atoms with Crippen molar-refractivity contribution in [2.24, 2.45) is 0 Å². The van der Waals surface area contributed by atoms with Gasteiger partial charge < -0.3 is 10.4 Å². The Labute approximate surface area is 144 Å². The molecule has 8 nitrogen and oxygen atoms in total. The van der Waals surface area contributed by atoms with Crippen LogP contribution in [0.3, 0.4) is 0 Å². The van der Waals surface area contributed by atoms with Gasteiger partial charge in [0.05, 0.1) is 24.2 Å². The molecule has 1 aromatic carbocycles. The van der Waals surface area contributed by atoms with Crippen molar-refractivity contribution in [1.29, 1.82) is 0 Å². The lowest BCUT2D eigenvalue weighted by Gasteiger charge is -2.13. The molecule has 1 aromatic heterocycles. The average molecular weight is 344 g/mol. The fraction of sp³-hybridized carbons (Fsp3) is 0.353. The molecule has 0 atom stereocenters. The Morgan fingerprint density at radius 3 is 2.36 bits per heavy atom. The molecule has 0 radical (unpaired) electrons. The Balaban J connectivity index is 1.96. The zero-order valence-electron chi connectivity index (χ0n) is 14.2. The van der Waals surface area contributed by atoms with Crippen LogP contribution >= 0.6 is 0 Å². The molecule has 1 aliphatic rings. The van der Waals surface area contributed by atoms with Gasteiger partial charge in [-0.05, 0) is 32.0 Å². The van der Waals surface area contributed by atoms with Gasteiger partial charge in [-0.3, -0.25) is 23.6 Å². The number of aliphatic hydroxyl groups excluding tert-OH is 1. The molecular weight excluding hydrogens is 324 g/mol. The highest BCUT2D eigenvalue weighted by atomic mass is 16.3. The quantitative estimate of drug-likeness (QED) is 0.744. The summed E-state index contributed by atoms with van der Waals surface area (Å²) in [6, 6.07) is 5.38. The molecule has 0 aliphatic carbocycles. The van der Waals surface area contributed by atoms with Crippen LogP contribution < -0.4 is 11.0 Å². The minimum Gasteiger partial charge on any atom is -0.395 e. The van der Waals surface area contributed by atoms with Crippen molar-refractivity contribution >= 4 is 28.5 Å². The first kappa shape index (κ1) is 17.0. The number of carbonyl (C=O) groups is 2. The van der Waals surface area contributed by atoms with Gasteiger partial charge in [-0.1, -0.05) is 0 Å². The molecule has 2 N–H and O–H groups in total. The number of aliphatic hydroxyl groups is 1. The number of hydrogen-bond donors (Lipinski definition) is 2. The number of rotatable bonds is 6. The van der Waals surface area contributed by atoms with Crippen LogP contribution in [0.25, 0.3) is 11.0 Å². The van der Waals surface area contributed by atoms with E-state index in [0.29, 0.717) is 18.8 Å². The normalized spacial score (nSPS) is 14.5. The first-order valence-corrected chi connectivity index (χ1v) is 8.20. The third-order valence-electron chi connectivity index (χ3n) is 4.26. The number of hydrogen-bond acceptors (Lipinski definition) is 5. The maximum absolute atomic E-state index is 12.4. The number of nitrogens with zero attached hydrogens (tertiary/aromatic N) is 3. The maximum Gasteiger partial charge on any atom is 0.329 e. The summed E-state index contributed by atoms with van der Waals surface area (Å²) in [5.41, 5.74) is 2.28. The summed E-state index contributed by atoms with van der Waals surface area (Å²) < 4.78 is 3.35. The van der Waals surface area contributed by atoms with Crippen LogP contribution in [-0.2, 0) is 22.7 Å². The van der Waals surface area contributed by atoms with E-state index in [-0.39, 0.29) is 24.5 Å². The monoisotopic (exact) mass is 344 g/mol. The topological polar surface area (TPSA) is 96.6 Å². The molecule has 0 spiro atoms. The number of aromatic nitrogens is 2. The summed E-state index contributed by atoms with van der Waals surface area (Å²) >= 11 is 0. The van der Waals surface area contributed by atoms with Gasteiger partial charge >= 0.3 is 5.69 Å². The molecule has 0 saturated heterocycles. The molecule has 25 heavy (non-hydrogen) atoms. The van der Waals surface area contributed by atoms with Crippen molar-refractivity contribution in [2.75, 3.05) is 18.5 Å². The smallest absolute Gasteiger partial charge is 0.329 e.